The van der Waals surface area contributed by atoms with Gasteiger partial charge in [0.05, 0.1) is 12.7 Å². The average Bonchev–Trinajstić information content (AvgIpc) is 2.34. The summed E-state index contributed by atoms with van der Waals surface area (Å²) in [6, 6.07) is 8.30. The van der Waals surface area contributed by atoms with Crippen molar-refractivity contribution in [2.45, 2.75) is 18.9 Å². The number of nitrogens with zero attached hydrogens (tertiary/aromatic N) is 1. The van der Waals surface area contributed by atoms with Gasteiger partial charge in [-0.3, -0.25) is 4.90 Å². The lowest BCUT2D eigenvalue weighted by Gasteiger charge is -2.47. The van der Waals surface area contributed by atoms with Crippen LogP contribution in [0, 0.1) is 0 Å². The number of methoxy groups -OCH3 is 2. The second-order valence-corrected chi connectivity index (χ2v) is 4.96. The number of ether oxygens (including phenoxy) is 2. The van der Waals surface area contributed by atoms with Crippen LogP contribution >= 0.6 is 0 Å². The molecule has 1 fully saturated rings. The van der Waals surface area contributed by atoms with Gasteiger partial charge in [-0.1, -0.05) is 12.1 Å². The number of hydrogen-bond donors (Lipinski definition) is 0. The Morgan fingerprint density at radius 2 is 1.82 bits per heavy atom. The molecule has 0 bridgehead atoms. The van der Waals surface area contributed by atoms with Crippen LogP contribution in [0.1, 0.15) is 12.5 Å². The molecular weight excluding hydrogens is 214 g/mol. The molecule has 1 heterocycles. The van der Waals surface area contributed by atoms with Crippen molar-refractivity contribution in [2.24, 2.45) is 0 Å². The number of likely N-dealkylation sites (tertiary alicyclic amines) is 1. The summed E-state index contributed by atoms with van der Waals surface area (Å²) in [6.45, 7) is 5.35. The lowest BCUT2D eigenvalue weighted by Crippen LogP contribution is -2.61. The maximum absolute atomic E-state index is 5.43. The van der Waals surface area contributed by atoms with Gasteiger partial charge in [-0.2, -0.15) is 0 Å². The average molecular weight is 235 g/mol. The molecule has 3 nitrogen and oxygen atoms in total. The van der Waals surface area contributed by atoms with E-state index in [1.807, 2.05) is 12.1 Å². The van der Waals surface area contributed by atoms with Gasteiger partial charge in [0.2, 0.25) is 0 Å². The fourth-order valence-corrected chi connectivity index (χ4v) is 2.27. The van der Waals surface area contributed by atoms with Crippen molar-refractivity contribution in [3.63, 3.8) is 0 Å². The van der Waals surface area contributed by atoms with Crippen molar-refractivity contribution < 1.29 is 9.47 Å². The molecule has 1 aliphatic heterocycles. The molecule has 0 N–H and O–H groups in total. The molecule has 94 valence electrons. The lowest BCUT2D eigenvalue weighted by molar-refractivity contribution is -0.110. The van der Waals surface area contributed by atoms with Crippen LogP contribution in [0.4, 0.5) is 0 Å². The quantitative estimate of drug-likeness (QED) is 0.778. The Hall–Kier alpha value is -1.06. The van der Waals surface area contributed by atoms with Crippen LogP contribution in [0.2, 0.25) is 0 Å². The van der Waals surface area contributed by atoms with Crippen LogP contribution in [0.5, 0.6) is 5.75 Å². The molecule has 0 radical (unpaired) electrons. The third-order valence-electron chi connectivity index (χ3n) is 3.48. The highest BCUT2D eigenvalue weighted by Crippen LogP contribution is 2.23. The Morgan fingerprint density at radius 1 is 1.18 bits per heavy atom. The van der Waals surface area contributed by atoms with Crippen LogP contribution in [0.25, 0.3) is 0 Å². The molecule has 0 saturated carbocycles. The zero-order chi connectivity index (χ0) is 12.3. The van der Waals surface area contributed by atoms with Crippen molar-refractivity contribution in [3.8, 4) is 5.75 Å². The summed E-state index contributed by atoms with van der Waals surface area (Å²) in [6.07, 6.45) is 1.09. The SMILES string of the molecule is COc1ccc(CCN2CC(C)(OC)C2)cc1. The zero-order valence-electron chi connectivity index (χ0n) is 10.9. The standard InChI is InChI=1S/C14H21NO2/c1-14(17-3)10-15(11-14)9-8-12-4-6-13(16-2)7-5-12/h4-7H,8-11H2,1-3H3. The normalized spacial score (nSPS) is 18.8. The molecular formula is C14H21NO2. The third-order valence-corrected chi connectivity index (χ3v) is 3.48. The highest BCUT2D eigenvalue weighted by Gasteiger charge is 2.37. The molecule has 3 heteroatoms. The van der Waals surface area contributed by atoms with Gasteiger partial charge in [-0.05, 0) is 31.0 Å². The summed E-state index contributed by atoms with van der Waals surface area (Å²) in [5.41, 5.74) is 1.44. The molecule has 2 rings (SSSR count). The van der Waals surface area contributed by atoms with Gasteiger partial charge in [0.1, 0.15) is 5.75 Å². The van der Waals surface area contributed by atoms with E-state index in [1.54, 1.807) is 14.2 Å². The number of hydrogen-bond acceptors (Lipinski definition) is 3. The molecule has 1 aliphatic rings. The molecule has 0 unspecified atom stereocenters. The Balaban J connectivity index is 1.75. The molecule has 0 aromatic heterocycles. The van der Waals surface area contributed by atoms with Crippen molar-refractivity contribution in [3.05, 3.63) is 29.8 Å². The molecule has 0 atom stereocenters. The molecule has 0 spiro atoms. The minimum absolute atomic E-state index is 0.0832. The predicted molar refractivity (Wildman–Crippen MR) is 68.6 cm³/mol. The highest BCUT2D eigenvalue weighted by atomic mass is 16.5. The Bertz CT molecular complexity index is 355. The predicted octanol–water partition coefficient (Wildman–Crippen LogP) is 1.96. The Morgan fingerprint density at radius 3 is 2.35 bits per heavy atom. The van der Waals surface area contributed by atoms with Gasteiger partial charge >= 0.3 is 0 Å². The summed E-state index contributed by atoms with van der Waals surface area (Å²) in [5, 5.41) is 0. The highest BCUT2D eigenvalue weighted by molar-refractivity contribution is 5.27. The van der Waals surface area contributed by atoms with Crippen molar-refractivity contribution in [2.75, 3.05) is 33.9 Å². The van der Waals surface area contributed by atoms with E-state index in [4.69, 9.17) is 9.47 Å². The van der Waals surface area contributed by atoms with Gasteiger partial charge in [0.25, 0.3) is 0 Å². The monoisotopic (exact) mass is 235 g/mol. The van der Waals surface area contributed by atoms with Crippen molar-refractivity contribution in [1.82, 2.24) is 4.90 Å². The van der Waals surface area contributed by atoms with Crippen LogP contribution in [-0.2, 0) is 11.2 Å². The molecule has 0 aliphatic carbocycles. The zero-order valence-corrected chi connectivity index (χ0v) is 10.9. The fraction of sp³-hybridized carbons (Fsp3) is 0.571. The topological polar surface area (TPSA) is 21.7 Å². The van der Waals surface area contributed by atoms with Crippen LogP contribution in [-0.4, -0.2) is 44.4 Å². The van der Waals surface area contributed by atoms with E-state index in [9.17, 15) is 0 Å². The largest absolute Gasteiger partial charge is 0.497 e. The van der Waals surface area contributed by atoms with E-state index in [2.05, 4.69) is 24.0 Å². The number of rotatable bonds is 5. The van der Waals surface area contributed by atoms with Crippen molar-refractivity contribution >= 4 is 0 Å². The van der Waals surface area contributed by atoms with E-state index in [1.165, 1.54) is 5.56 Å². The first-order chi connectivity index (χ1) is 8.15. The van der Waals surface area contributed by atoms with Gasteiger partial charge < -0.3 is 9.47 Å². The third kappa shape index (κ3) is 2.99. The van der Waals surface area contributed by atoms with Gasteiger partial charge in [0, 0.05) is 26.7 Å². The van der Waals surface area contributed by atoms with E-state index in [0.29, 0.717) is 0 Å². The maximum atomic E-state index is 5.43. The second kappa shape index (κ2) is 5.07. The van der Waals surface area contributed by atoms with Crippen molar-refractivity contribution in [1.29, 1.82) is 0 Å². The van der Waals surface area contributed by atoms with E-state index in [-0.39, 0.29) is 5.60 Å². The first-order valence-corrected chi connectivity index (χ1v) is 6.06. The fourth-order valence-electron chi connectivity index (χ4n) is 2.27. The van der Waals surface area contributed by atoms with Gasteiger partial charge in [-0.25, -0.2) is 0 Å². The lowest BCUT2D eigenvalue weighted by atomic mass is 9.96. The summed E-state index contributed by atoms with van der Waals surface area (Å²) in [7, 11) is 3.49. The first-order valence-electron chi connectivity index (χ1n) is 6.06. The molecule has 1 saturated heterocycles. The minimum atomic E-state index is 0.0832. The minimum Gasteiger partial charge on any atom is -0.497 e. The van der Waals surface area contributed by atoms with Crippen LogP contribution < -0.4 is 4.74 Å². The molecule has 0 amide bonds. The van der Waals surface area contributed by atoms with E-state index >= 15 is 0 Å². The first kappa shape index (κ1) is 12.4. The summed E-state index contributed by atoms with van der Waals surface area (Å²) in [4.78, 5) is 2.42. The van der Waals surface area contributed by atoms with Gasteiger partial charge in [-0.15, -0.1) is 0 Å². The summed E-state index contributed by atoms with van der Waals surface area (Å²) in [5.74, 6) is 0.921. The van der Waals surface area contributed by atoms with Gasteiger partial charge in [0.15, 0.2) is 0 Å². The smallest absolute Gasteiger partial charge is 0.118 e. The maximum Gasteiger partial charge on any atom is 0.118 e. The Labute approximate surface area is 103 Å². The van der Waals surface area contributed by atoms with E-state index in [0.717, 1.165) is 31.8 Å². The molecule has 1 aromatic carbocycles. The summed E-state index contributed by atoms with van der Waals surface area (Å²) < 4.78 is 10.6. The molecule has 1 aromatic rings. The van der Waals surface area contributed by atoms with Crippen LogP contribution in [0.15, 0.2) is 24.3 Å². The second-order valence-electron chi connectivity index (χ2n) is 4.96. The summed E-state index contributed by atoms with van der Waals surface area (Å²) >= 11 is 0. The Kier molecular flexibility index (Phi) is 3.69. The molecule has 17 heavy (non-hydrogen) atoms. The van der Waals surface area contributed by atoms with E-state index < -0.39 is 0 Å². The van der Waals surface area contributed by atoms with Crippen LogP contribution in [0.3, 0.4) is 0 Å². The number of benzene rings is 1.